The summed E-state index contributed by atoms with van der Waals surface area (Å²) in [4.78, 5) is 14.1. The van der Waals surface area contributed by atoms with E-state index in [9.17, 15) is 4.79 Å². The van der Waals surface area contributed by atoms with Crippen LogP contribution in [0.1, 0.15) is 10.4 Å². The minimum atomic E-state index is 0.127. The largest absolute Gasteiger partial charge is 0.496 e. The molecule has 0 bridgehead atoms. The van der Waals surface area contributed by atoms with Gasteiger partial charge in [-0.3, -0.25) is 9.69 Å². The normalized spacial score (nSPS) is 10.7. The zero-order chi connectivity index (χ0) is 13.5. The predicted octanol–water partition coefficient (Wildman–Crippen LogP) is 2.94. The lowest BCUT2D eigenvalue weighted by molar-refractivity contribution is 0.0949. The van der Waals surface area contributed by atoms with Gasteiger partial charge in [-0.1, -0.05) is 0 Å². The maximum Gasteiger partial charge on any atom is 0.176 e. The third-order valence-electron chi connectivity index (χ3n) is 2.56. The molecule has 0 radical (unpaired) electrons. The Bertz CT molecular complexity index is 412. The van der Waals surface area contributed by atoms with Gasteiger partial charge in [0.2, 0.25) is 0 Å². The zero-order valence-electron chi connectivity index (χ0n) is 10.9. The Morgan fingerprint density at radius 2 is 2.22 bits per heavy atom. The number of benzene rings is 1. The Balaban J connectivity index is 2.64. The van der Waals surface area contributed by atoms with Crippen molar-refractivity contribution in [1.82, 2.24) is 4.90 Å². The van der Waals surface area contributed by atoms with Gasteiger partial charge in [0.1, 0.15) is 5.75 Å². The van der Waals surface area contributed by atoms with Gasteiger partial charge in [0.05, 0.1) is 18.1 Å². The number of halogens is 1. The quantitative estimate of drug-likeness (QED) is 0.718. The molecule has 0 spiro atoms. The van der Waals surface area contributed by atoms with E-state index in [-0.39, 0.29) is 5.78 Å². The van der Waals surface area contributed by atoms with Crippen LogP contribution < -0.4 is 4.74 Å². The molecule has 0 saturated carbocycles. The molecule has 0 saturated heterocycles. The van der Waals surface area contributed by atoms with Crippen LogP contribution in [0.5, 0.6) is 5.75 Å². The summed E-state index contributed by atoms with van der Waals surface area (Å²) in [7, 11) is 3.57. The van der Waals surface area contributed by atoms with Crippen molar-refractivity contribution >= 4 is 33.5 Å². The molecule has 0 fully saturated rings. The number of carbonyl (C=O) groups is 1. The van der Waals surface area contributed by atoms with Gasteiger partial charge in [-0.2, -0.15) is 11.8 Å². The average Bonchev–Trinajstić information content (AvgIpc) is 2.36. The van der Waals surface area contributed by atoms with E-state index < -0.39 is 0 Å². The summed E-state index contributed by atoms with van der Waals surface area (Å²) in [6, 6.07) is 5.41. The number of rotatable bonds is 7. The molecule has 0 heterocycles. The maximum absolute atomic E-state index is 12.1. The molecule has 1 aromatic rings. The fourth-order valence-corrected chi connectivity index (χ4v) is 2.54. The molecule has 0 aliphatic rings. The van der Waals surface area contributed by atoms with Gasteiger partial charge < -0.3 is 4.74 Å². The Morgan fingerprint density at radius 1 is 1.50 bits per heavy atom. The number of ketones is 1. The number of Topliss-reactive ketones (excluding diaryl/α,β-unsaturated/α-hetero) is 1. The summed E-state index contributed by atoms with van der Waals surface area (Å²) in [6.07, 6.45) is 2.07. The average molecular weight is 332 g/mol. The summed E-state index contributed by atoms with van der Waals surface area (Å²) in [5.74, 6) is 1.90. The van der Waals surface area contributed by atoms with Crippen LogP contribution in [0.2, 0.25) is 0 Å². The van der Waals surface area contributed by atoms with Crippen molar-refractivity contribution < 1.29 is 9.53 Å². The number of ether oxygens (including phenoxy) is 1. The molecular weight excluding hydrogens is 314 g/mol. The molecule has 1 aromatic carbocycles. The van der Waals surface area contributed by atoms with Gasteiger partial charge in [-0.25, -0.2) is 0 Å². The van der Waals surface area contributed by atoms with Crippen molar-refractivity contribution in [2.45, 2.75) is 0 Å². The molecule has 0 amide bonds. The van der Waals surface area contributed by atoms with Crippen LogP contribution in [0.15, 0.2) is 22.7 Å². The van der Waals surface area contributed by atoms with Crippen LogP contribution in [0.25, 0.3) is 0 Å². The lowest BCUT2D eigenvalue weighted by atomic mass is 10.1. The van der Waals surface area contributed by atoms with E-state index in [1.54, 1.807) is 31.0 Å². The predicted molar refractivity (Wildman–Crippen MR) is 80.9 cm³/mol. The summed E-state index contributed by atoms with van der Waals surface area (Å²) in [5, 5.41) is 0. The highest BCUT2D eigenvalue weighted by Gasteiger charge is 2.11. The van der Waals surface area contributed by atoms with Crippen LogP contribution in [0, 0.1) is 0 Å². The van der Waals surface area contributed by atoms with Crippen molar-refractivity contribution in [2.75, 3.05) is 39.3 Å². The number of methoxy groups -OCH3 is 1. The lowest BCUT2D eigenvalue weighted by Gasteiger charge is -2.15. The first-order valence-electron chi connectivity index (χ1n) is 5.62. The number of likely N-dealkylation sites (N-methyl/N-ethyl adjacent to an activating group) is 1. The first kappa shape index (κ1) is 15.5. The number of hydrogen-bond acceptors (Lipinski definition) is 4. The van der Waals surface area contributed by atoms with E-state index in [4.69, 9.17) is 4.74 Å². The van der Waals surface area contributed by atoms with E-state index in [0.29, 0.717) is 12.1 Å². The molecule has 0 N–H and O–H groups in total. The molecule has 0 aliphatic carbocycles. The van der Waals surface area contributed by atoms with Crippen LogP contribution in [0.4, 0.5) is 0 Å². The molecular formula is C13H18BrNO2S. The third kappa shape index (κ3) is 4.63. The van der Waals surface area contributed by atoms with Crippen molar-refractivity contribution in [3.63, 3.8) is 0 Å². The van der Waals surface area contributed by atoms with Crippen LogP contribution in [-0.4, -0.2) is 49.9 Å². The number of carbonyl (C=O) groups excluding carboxylic acids is 1. The topological polar surface area (TPSA) is 29.5 Å². The molecule has 0 unspecified atom stereocenters. The van der Waals surface area contributed by atoms with Gasteiger partial charge in [-0.05, 0) is 47.4 Å². The molecule has 0 atom stereocenters. The summed E-state index contributed by atoms with van der Waals surface area (Å²) in [6.45, 7) is 1.36. The van der Waals surface area contributed by atoms with Crippen LogP contribution in [0.3, 0.4) is 0 Å². The van der Waals surface area contributed by atoms with Gasteiger partial charge >= 0.3 is 0 Å². The highest BCUT2D eigenvalue weighted by atomic mass is 79.9. The second kappa shape index (κ2) is 7.81. The highest BCUT2D eigenvalue weighted by molar-refractivity contribution is 9.10. The van der Waals surface area contributed by atoms with Crippen molar-refractivity contribution in [3.8, 4) is 5.75 Å². The molecule has 5 heteroatoms. The van der Waals surface area contributed by atoms with E-state index >= 15 is 0 Å². The van der Waals surface area contributed by atoms with Crippen molar-refractivity contribution in [3.05, 3.63) is 28.2 Å². The molecule has 0 aromatic heterocycles. The van der Waals surface area contributed by atoms with Gasteiger partial charge in [0, 0.05) is 17.9 Å². The smallest absolute Gasteiger partial charge is 0.176 e. The van der Waals surface area contributed by atoms with E-state index in [2.05, 4.69) is 22.2 Å². The Kier molecular flexibility index (Phi) is 6.75. The standard InChI is InChI=1S/C13H18BrNO2S/c1-15(6-7-18-3)9-12(16)10-4-5-13(17-2)11(14)8-10/h4-5,8H,6-7,9H2,1-3H3. The molecule has 1 rings (SSSR count). The fraction of sp³-hybridized carbons (Fsp3) is 0.462. The molecule has 0 aliphatic heterocycles. The van der Waals surface area contributed by atoms with Crippen LogP contribution >= 0.6 is 27.7 Å². The second-order valence-corrected chi connectivity index (χ2v) is 5.84. The van der Waals surface area contributed by atoms with Crippen LogP contribution in [-0.2, 0) is 0 Å². The minimum Gasteiger partial charge on any atom is -0.496 e. The summed E-state index contributed by atoms with van der Waals surface area (Å²) >= 11 is 5.17. The van der Waals surface area contributed by atoms with E-state index in [0.717, 1.165) is 22.5 Å². The van der Waals surface area contributed by atoms with Crippen molar-refractivity contribution in [1.29, 1.82) is 0 Å². The van der Waals surface area contributed by atoms with Gasteiger partial charge in [-0.15, -0.1) is 0 Å². The maximum atomic E-state index is 12.1. The zero-order valence-corrected chi connectivity index (χ0v) is 13.3. The Hall–Kier alpha value is -0.520. The monoisotopic (exact) mass is 331 g/mol. The fourth-order valence-electron chi connectivity index (χ4n) is 1.50. The molecule has 3 nitrogen and oxygen atoms in total. The third-order valence-corrected chi connectivity index (χ3v) is 3.77. The molecule has 18 heavy (non-hydrogen) atoms. The highest BCUT2D eigenvalue weighted by Crippen LogP contribution is 2.25. The number of hydrogen-bond donors (Lipinski definition) is 0. The number of thioether (sulfide) groups is 1. The lowest BCUT2D eigenvalue weighted by Crippen LogP contribution is -2.28. The second-order valence-electron chi connectivity index (χ2n) is 4.00. The molecule has 100 valence electrons. The first-order valence-corrected chi connectivity index (χ1v) is 7.81. The Labute approximate surface area is 121 Å². The summed E-state index contributed by atoms with van der Waals surface area (Å²) < 4.78 is 5.95. The number of nitrogens with zero attached hydrogens (tertiary/aromatic N) is 1. The van der Waals surface area contributed by atoms with Gasteiger partial charge in [0.15, 0.2) is 5.78 Å². The van der Waals surface area contributed by atoms with Gasteiger partial charge in [0.25, 0.3) is 0 Å². The SMILES string of the molecule is COc1ccc(C(=O)CN(C)CCSC)cc1Br. The van der Waals surface area contributed by atoms with E-state index in [1.165, 1.54) is 0 Å². The Morgan fingerprint density at radius 3 is 2.78 bits per heavy atom. The first-order chi connectivity index (χ1) is 8.58. The summed E-state index contributed by atoms with van der Waals surface area (Å²) in [5.41, 5.74) is 0.707. The van der Waals surface area contributed by atoms with Crippen molar-refractivity contribution in [2.24, 2.45) is 0 Å². The van der Waals surface area contributed by atoms with E-state index in [1.807, 2.05) is 18.0 Å². The minimum absolute atomic E-state index is 0.127.